The number of aliphatic carboxylic acids is 1. The number of aliphatic hydroxyl groups excluding tert-OH is 1. The van der Waals surface area contributed by atoms with Gasteiger partial charge in [-0.15, -0.1) is 0 Å². The van der Waals surface area contributed by atoms with Crippen LogP contribution in [0.4, 0.5) is 0 Å². The number of carboxylic acid groups (broad SMARTS) is 1. The Morgan fingerprint density at radius 3 is 2.19 bits per heavy atom. The van der Waals surface area contributed by atoms with Gasteiger partial charge in [-0.1, -0.05) is 12.1 Å². The minimum Gasteiger partial charge on any atom is -0.480 e. The molecular formula is C14H18N2O5. The summed E-state index contributed by atoms with van der Waals surface area (Å²) >= 11 is 0. The Morgan fingerprint density at radius 1 is 1.19 bits per heavy atom. The molecule has 0 unspecified atom stereocenters. The van der Waals surface area contributed by atoms with Crippen LogP contribution in [-0.2, 0) is 16.1 Å². The second kappa shape index (κ2) is 7.39. The van der Waals surface area contributed by atoms with Gasteiger partial charge in [-0.3, -0.25) is 9.59 Å². The number of hydrogen-bond acceptors (Lipinski definition) is 4. The van der Waals surface area contributed by atoms with E-state index in [0.29, 0.717) is 6.54 Å². The molecule has 0 aromatic heterocycles. The summed E-state index contributed by atoms with van der Waals surface area (Å²) in [6.07, 6.45) is -1.20. The molecule has 0 heterocycles. The molecule has 114 valence electrons. The van der Waals surface area contributed by atoms with Crippen molar-refractivity contribution in [1.82, 2.24) is 10.6 Å². The van der Waals surface area contributed by atoms with Crippen molar-refractivity contribution in [3.05, 3.63) is 35.4 Å². The third-order valence-corrected chi connectivity index (χ3v) is 2.79. The first-order valence-corrected chi connectivity index (χ1v) is 6.36. The lowest BCUT2D eigenvalue weighted by Gasteiger charge is -2.17. The zero-order valence-electron chi connectivity index (χ0n) is 11.8. The predicted molar refractivity (Wildman–Crippen MR) is 74.5 cm³/mol. The third-order valence-electron chi connectivity index (χ3n) is 2.79. The second-order valence-electron chi connectivity index (χ2n) is 4.64. The van der Waals surface area contributed by atoms with Crippen LogP contribution in [0, 0.1) is 0 Å². The summed E-state index contributed by atoms with van der Waals surface area (Å²) in [5, 5.41) is 23.1. The molecule has 1 aromatic rings. The van der Waals surface area contributed by atoms with Crippen molar-refractivity contribution in [2.24, 2.45) is 0 Å². The highest BCUT2D eigenvalue weighted by Crippen LogP contribution is 2.05. The summed E-state index contributed by atoms with van der Waals surface area (Å²) in [7, 11) is 0. The second-order valence-corrected chi connectivity index (χ2v) is 4.64. The molecule has 0 aliphatic carbocycles. The number of nitrogens with one attached hydrogen (secondary N) is 2. The molecule has 0 saturated carbocycles. The molecule has 2 atom stereocenters. The molecule has 2 amide bonds. The molecule has 0 aliphatic rings. The minimum absolute atomic E-state index is 0.155. The molecule has 0 fully saturated rings. The van der Waals surface area contributed by atoms with Crippen LogP contribution >= 0.6 is 0 Å². The molecule has 0 radical (unpaired) electrons. The minimum atomic E-state index is -1.36. The topological polar surface area (TPSA) is 116 Å². The lowest BCUT2D eigenvalue weighted by molar-refractivity contribution is -0.141. The quantitative estimate of drug-likeness (QED) is 0.584. The standard InChI is InChI=1S/C14H18N2O5/c1-8(17)12(14(20)21)16-13(19)11-5-3-10(4-6-11)7-15-9(2)18/h3-6,8,12,17H,7H2,1-2H3,(H,15,18)(H,16,19)(H,20,21)/t8-,12+/m1/s1. The van der Waals surface area contributed by atoms with Gasteiger partial charge in [-0.25, -0.2) is 4.79 Å². The smallest absolute Gasteiger partial charge is 0.328 e. The van der Waals surface area contributed by atoms with E-state index in [4.69, 9.17) is 5.11 Å². The maximum Gasteiger partial charge on any atom is 0.328 e. The normalized spacial score (nSPS) is 13.1. The summed E-state index contributed by atoms with van der Waals surface area (Å²) in [6, 6.07) is 4.99. The van der Waals surface area contributed by atoms with Crippen LogP contribution in [0.2, 0.25) is 0 Å². The number of aliphatic hydroxyl groups is 1. The van der Waals surface area contributed by atoms with Crippen LogP contribution in [-0.4, -0.2) is 40.1 Å². The van der Waals surface area contributed by atoms with Gasteiger partial charge in [-0.2, -0.15) is 0 Å². The van der Waals surface area contributed by atoms with E-state index in [0.717, 1.165) is 5.56 Å². The van der Waals surface area contributed by atoms with Gasteiger partial charge in [0, 0.05) is 19.0 Å². The highest BCUT2D eigenvalue weighted by atomic mass is 16.4. The van der Waals surface area contributed by atoms with E-state index in [-0.39, 0.29) is 11.5 Å². The van der Waals surface area contributed by atoms with E-state index in [1.807, 2.05) is 0 Å². The number of carboxylic acids is 1. The van der Waals surface area contributed by atoms with Crippen molar-refractivity contribution in [2.45, 2.75) is 32.5 Å². The highest BCUT2D eigenvalue weighted by Gasteiger charge is 2.25. The third kappa shape index (κ3) is 5.23. The van der Waals surface area contributed by atoms with Gasteiger partial charge in [-0.05, 0) is 24.6 Å². The Hall–Kier alpha value is -2.41. The van der Waals surface area contributed by atoms with E-state index in [9.17, 15) is 19.5 Å². The predicted octanol–water partition coefficient (Wildman–Crippen LogP) is -0.113. The van der Waals surface area contributed by atoms with Gasteiger partial charge in [0.05, 0.1) is 6.10 Å². The van der Waals surface area contributed by atoms with Crippen molar-refractivity contribution in [3.8, 4) is 0 Å². The van der Waals surface area contributed by atoms with Gasteiger partial charge in [0.1, 0.15) is 0 Å². The van der Waals surface area contributed by atoms with Crippen molar-refractivity contribution >= 4 is 17.8 Å². The van der Waals surface area contributed by atoms with Crippen LogP contribution < -0.4 is 10.6 Å². The Bertz CT molecular complexity index is 525. The number of rotatable bonds is 6. The molecule has 1 aromatic carbocycles. The van der Waals surface area contributed by atoms with E-state index >= 15 is 0 Å². The van der Waals surface area contributed by atoms with E-state index in [1.165, 1.54) is 26.0 Å². The SMILES string of the molecule is CC(=O)NCc1ccc(C(=O)N[C@H](C(=O)O)[C@@H](C)O)cc1. The van der Waals surface area contributed by atoms with Crippen LogP contribution in [0.3, 0.4) is 0 Å². The summed E-state index contributed by atoms with van der Waals surface area (Å²) in [5.74, 6) is -2.05. The molecule has 0 aliphatic heterocycles. The van der Waals surface area contributed by atoms with Crippen molar-refractivity contribution in [3.63, 3.8) is 0 Å². The Kier molecular flexibility index (Phi) is 5.86. The van der Waals surface area contributed by atoms with E-state index < -0.39 is 24.0 Å². The lowest BCUT2D eigenvalue weighted by atomic mass is 10.1. The highest BCUT2D eigenvalue weighted by molar-refractivity contribution is 5.96. The first-order valence-electron chi connectivity index (χ1n) is 6.36. The van der Waals surface area contributed by atoms with Gasteiger partial charge in [0.2, 0.25) is 5.91 Å². The first kappa shape index (κ1) is 16.6. The molecule has 0 bridgehead atoms. The number of benzene rings is 1. The number of amides is 2. The average Bonchev–Trinajstić information content (AvgIpc) is 2.42. The Morgan fingerprint density at radius 2 is 1.76 bits per heavy atom. The largest absolute Gasteiger partial charge is 0.480 e. The van der Waals surface area contributed by atoms with Crippen LogP contribution in [0.15, 0.2) is 24.3 Å². The summed E-state index contributed by atoms with van der Waals surface area (Å²) < 4.78 is 0. The van der Waals surface area contributed by atoms with Crippen LogP contribution in [0.25, 0.3) is 0 Å². The fourth-order valence-electron chi connectivity index (χ4n) is 1.61. The fraction of sp³-hybridized carbons (Fsp3) is 0.357. The van der Waals surface area contributed by atoms with Crippen LogP contribution in [0.5, 0.6) is 0 Å². The number of hydrogen-bond donors (Lipinski definition) is 4. The lowest BCUT2D eigenvalue weighted by Crippen LogP contribution is -2.47. The number of carbonyl (C=O) groups excluding carboxylic acids is 2. The molecule has 0 spiro atoms. The maximum absolute atomic E-state index is 11.9. The fourth-order valence-corrected chi connectivity index (χ4v) is 1.61. The maximum atomic E-state index is 11.9. The molecule has 4 N–H and O–H groups in total. The van der Waals surface area contributed by atoms with Crippen molar-refractivity contribution in [2.75, 3.05) is 0 Å². The van der Waals surface area contributed by atoms with Crippen molar-refractivity contribution < 1.29 is 24.6 Å². The Balaban J connectivity index is 2.70. The molecular weight excluding hydrogens is 276 g/mol. The molecule has 7 nitrogen and oxygen atoms in total. The first-order chi connectivity index (χ1) is 9.81. The van der Waals surface area contributed by atoms with Gasteiger partial charge < -0.3 is 20.8 Å². The van der Waals surface area contributed by atoms with Crippen molar-refractivity contribution in [1.29, 1.82) is 0 Å². The molecule has 7 heteroatoms. The number of carbonyl (C=O) groups is 3. The monoisotopic (exact) mass is 294 g/mol. The molecule has 21 heavy (non-hydrogen) atoms. The van der Waals surface area contributed by atoms with Gasteiger partial charge >= 0.3 is 5.97 Å². The summed E-state index contributed by atoms with van der Waals surface area (Å²) in [4.78, 5) is 33.6. The van der Waals surface area contributed by atoms with Gasteiger partial charge in [0.25, 0.3) is 5.91 Å². The molecule has 1 rings (SSSR count). The summed E-state index contributed by atoms with van der Waals surface area (Å²) in [6.45, 7) is 3.04. The van der Waals surface area contributed by atoms with E-state index in [2.05, 4.69) is 10.6 Å². The Labute approximate surface area is 122 Å². The van der Waals surface area contributed by atoms with E-state index in [1.54, 1.807) is 12.1 Å². The zero-order valence-corrected chi connectivity index (χ0v) is 11.8. The van der Waals surface area contributed by atoms with Gasteiger partial charge in [0.15, 0.2) is 6.04 Å². The molecule has 0 saturated heterocycles. The summed E-state index contributed by atoms with van der Waals surface area (Å²) in [5.41, 5.74) is 1.08. The zero-order chi connectivity index (χ0) is 16.0. The van der Waals surface area contributed by atoms with Crippen LogP contribution in [0.1, 0.15) is 29.8 Å². The average molecular weight is 294 g/mol.